The number of likely N-dealkylation sites (tertiary alicyclic amines) is 2. The number of benzene rings is 1. The van der Waals surface area contributed by atoms with Gasteiger partial charge < -0.3 is 9.64 Å². The first-order valence-corrected chi connectivity index (χ1v) is 10.3. The highest BCUT2D eigenvalue weighted by molar-refractivity contribution is 5.76. The topological polar surface area (TPSA) is 32.8 Å². The van der Waals surface area contributed by atoms with E-state index in [1.54, 1.807) is 0 Å². The van der Waals surface area contributed by atoms with E-state index in [1.807, 2.05) is 0 Å². The molecule has 3 aliphatic rings. The molecule has 1 atom stereocenters. The van der Waals surface area contributed by atoms with Crippen LogP contribution in [0.4, 0.5) is 0 Å². The third kappa shape index (κ3) is 4.29. The molecule has 0 N–H and O–H groups in total. The summed E-state index contributed by atoms with van der Waals surface area (Å²) in [7, 11) is 0. The standard InChI is InChI=1S/C22H32N2O2/c25-21(24-11-4-9-22(17-24)10-14-26-18-22)15-19-7-12-23(13-8-19)16-20-5-2-1-3-6-20/h1-3,5-6,19H,4,7-18H2/t22-/m0/s1. The van der Waals surface area contributed by atoms with Gasteiger partial charge in [-0.2, -0.15) is 0 Å². The molecule has 4 rings (SSSR count). The molecule has 1 aromatic rings. The van der Waals surface area contributed by atoms with E-state index in [1.165, 1.54) is 12.0 Å². The maximum atomic E-state index is 12.9. The van der Waals surface area contributed by atoms with Gasteiger partial charge in [0.25, 0.3) is 0 Å². The van der Waals surface area contributed by atoms with E-state index < -0.39 is 0 Å². The average Bonchev–Trinajstić information content (AvgIpc) is 3.12. The van der Waals surface area contributed by atoms with Gasteiger partial charge in [0.2, 0.25) is 5.91 Å². The molecule has 4 heteroatoms. The predicted molar refractivity (Wildman–Crippen MR) is 103 cm³/mol. The third-order valence-electron chi connectivity index (χ3n) is 6.62. The van der Waals surface area contributed by atoms with Crippen molar-refractivity contribution in [3.63, 3.8) is 0 Å². The Labute approximate surface area is 157 Å². The lowest BCUT2D eigenvalue weighted by Gasteiger charge is -2.40. The fourth-order valence-electron chi connectivity index (χ4n) is 4.96. The molecular weight excluding hydrogens is 324 g/mol. The van der Waals surface area contributed by atoms with Crippen molar-refractivity contribution < 1.29 is 9.53 Å². The van der Waals surface area contributed by atoms with E-state index in [-0.39, 0.29) is 5.41 Å². The van der Waals surface area contributed by atoms with Crippen LogP contribution in [0.1, 0.15) is 44.1 Å². The maximum Gasteiger partial charge on any atom is 0.222 e. The Morgan fingerprint density at radius 3 is 2.65 bits per heavy atom. The first kappa shape index (κ1) is 18.0. The minimum absolute atomic E-state index is 0.271. The van der Waals surface area contributed by atoms with E-state index >= 15 is 0 Å². The number of rotatable bonds is 4. The summed E-state index contributed by atoms with van der Waals surface area (Å²) in [4.78, 5) is 17.5. The van der Waals surface area contributed by atoms with Crippen LogP contribution in [-0.4, -0.2) is 55.1 Å². The van der Waals surface area contributed by atoms with Gasteiger partial charge in [-0.25, -0.2) is 0 Å². The van der Waals surface area contributed by atoms with Gasteiger partial charge >= 0.3 is 0 Å². The molecule has 1 spiro atoms. The van der Waals surface area contributed by atoms with Crippen molar-refractivity contribution >= 4 is 5.91 Å². The number of hydrogen-bond acceptors (Lipinski definition) is 3. The Bertz CT molecular complexity index is 589. The van der Waals surface area contributed by atoms with Gasteiger partial charge in [0, 0.05) is 38.1 Å². The normalized spacial score (nSPS) is 27.9. The van der Waals surface area contributed by atoms with Crippen LogP contribution in [0, 0.1) is 11.3 Å². The molecule has 1 aromatic carbocycles. The highest BCUT2D eigenvalue weighted by Crippen LogP contribution is 2.38. The molecule has 142 valence electrons. The van der Waals surface area contributed by atoms with Crippen molar-refractivity contribution in [1.82, 2.24) is 9.80 Å². The molecule has 0 radical (unpaired) electrons. The molecule has 3 heterocycles. The predicted octanol–water partition coefficient (Wildman–Crippen LogP) is 3.32. The van der Waals surface area contributed by atoms with Crippen LogP contribution >= 0.6 is 0 Å². The molecule has 0 unspecified atom stereocenters. The first-order valence-electron chi connectivity index (χ1n) is 10.3. The Morgan fingerprint density at radius 2 is 1.92 bits per heavy atom. The number of hydrogen-bond donors (Lipinski definition) is 0. The van der Waals surface area contributed by atoms with Crippen molar-refractivity contribution in [1.29, 1.82) is 0 Å². The van der Waals surface area contributed by atoms with Gasteiger partial charge in [-0.15, -0.1) is 0 Å². The van der Waals surface area contributed by atoms with Crippen molar-refractivity contribution in [2.24, 2.45) is 11.3 Å². The van der Waals surface area contributed by atoms with Crippen molar-refractivity contribution in [3.8, 4) is 0 Å². The SMILES string of the molecule is O=C(CC1CCN(Cc2ccccc2)CC1)N1CCC[C@]2(CCOC2)C1. The Balaban J connectivity index is 1.23. The number of ether oxygens (including phenoxy) is 1. The Morgan fingerprint density at radius 1 is 1.12 bits per heavy atom. The number of piperidine rings is 2. The highest BCUT2D eigenvalue weighted by Gasteiger charge is 2.40. The molecule has 3 fully saturated rings. The zero-order valence-corrected chi connectivity index (χ0v) is 15.9. The molecule has 26 heavy (non-hydrogen) atoms. The number of carbonyl (C=O) groups excluding carboxylic acids is 1. The smallest absolute Gasteiger partial charge is 0.222 e. The molecular formula is C22H32N2O2. The van der Waals surface area contributed by atoms with Crippen LogP contribution in [0.2, 0.25) is 0 Å². The van der Waals surface area contributed by atoms with Gasteiger partial charge in [-0.05, 0) is 56.7 Å². The molecule has 4 nitrogen and oxygen atoms in total. The van der Waals surface area contributed by atoms with Crippen LogP contribution in [0.5, 0.6) is 0 Å². The Kier molecular flexibility index (Phi) is 5.60. The van der Waals surface area contributed by atoms with Gasteiger partial charge in [0.1, 0.15) is 0 Å². The summed E-state index contributed by atoms with van der Waals surface area (Å²) in [5.41, 5.74) is 1.66. The molecule has 0 aromatic heterocycles. The van der Waals surface area contributed by atoms with Crippen LogP contribution in [0.25, 0.3) is 0 Å². The second-order valence-corrected chi connectivity index (χ2v) is 8.63. The minimum Gasteiger partial charge on any atom is -0.381 e. The van der Waals surface area contributed by atoms with Crippen LogP contribution in [0.3, 0.4) is 0 Å². The number of nitrogens with zero attached hydrogens (tertiary/aromatic N) is 2. The third-order valence-corrected chi connectivity index (χ3v) is 6.62. The lowest BCUT2D eigenvalue weighted by atomic mass is 9.79. The number of amides is 1. The lowest BCUT2D eigenvalue weighted by Crippen LogP contribution is -2.47. The van der Waals surface area contributed by atoms with Gasteiger partial charge in [-0.3, -0.25) is 9.69 Å². The summed E-state index contributed by atoms with van der Waals surface area (Å²) < 4.78 is 5.63. The van der Waals surface area contributed by atoms with Gasteiger partial charge in [-0.1, -0.05) is 30.3 Å². The van der Waals surface area contributed by atoms with E-state index in [0.29, 0.717) is 11.8 Å². The van der Waals surface area contributed by atoms with E-state index in [0.717, 1.165) is 78.0 Å². The molecule has 3 saturated heterocycles. The summed E-state index contributed by atoms with van der Waals surface area (Å²) in [5, 5.41) is 0. The lowest BCUT2D eigenvalue weighted by molar-refractivity contribution is -0.136. The summed E-state index contributed by atoms with van der Waals surface area (Å²) in [6, 6.07) is 10.7. The van der Waals surface area contributed by atoms with E-state index in [2.05, 4.69) is 40.1 Å². The number of carbonyl (C=O) groups is 1. The fourth-order valence-corrected chi connectivity index (χ4v) is 4.96. The zero-order chi connectivity index (χ0) is 17.8. The highest BCUT2D eigenvalue weighted by atomic mass is 16.5. The Hall–Kier alpha value is -1.39. The van der Waals surface area contributed by atoms with Gasteiger partial charge in [0.05, 0.1) is 6.61 Å². The minimum atomic E-state index is 0.271. The first-order chi connectivity index (χ1) is 12.7. The molecule has 0 aliphatic carbocycles. The summed E-state index contributed by atoms with van der Waals surface area (Å²) in [6.07, 6.45) is 6.56. The summed E-state index contributed by atoms with van der Waals surface area (Å²) in [5.74, 6) is 0.949. The molecule has 0 bridgehead atoms. The maximum absolute atomic E-state index is 12.9. The summed E-state index contributed by atoms with van der Waals surface area (Å²) in [6.45, 7) is 6.88. The molecule has 1 amide bonds. The van der Waals surface area contributed by atoms with Crippen molar-refractivity contribution in [2.45, 2.75) is 45.1 Å². The van der Waals surface area contributed by atoms with Crippen molar-refractivity contribution in [3.05, 3.63) is 35.9 Å². The van der Waals surface area contributed by atoms with E-state index in [4.69, 9.17) is 4.74 Å². The van der Waals surface area contributed by atoms with Crippen molar-refractivity contribution in [2.75, 3.05) is 39.4 Å². The van der Waals surface area contributed by atoms with Crippen LogP contribution in [-0.2, 0) is 16.1 Å². The second-order valence-electron chi connectivity index (χ2n) is 8.63. The monoisotopic (exact) mass is 356 g/mol. The van der Waals surface area contributed by atoms with E-state index in [9.17, 15) is 4.79 Å². The van der Waals surface area contributed by atoms with Gasteiger partial charge in [0.15, 0.2) is 0 Å². The zero-order valence-electron chi connectivity index (χ0n) is 15.9. The quantitative estimate of drug-likeness (QED) is 0.830. The average molecular weight is 357 g/mol. The fraction of sp³-hybridized carbons (Fsp3) is 0.682. The molecule has 3 aliphatic heterocycles. The van der Waals surface area contributed by atoms with Crippen LogP contribution in [0.15, 0.2) is 30.3 Å². The largest absolute Gasteiger partial charge is 0.381 e. The summed E-state index contributed by atoms with van der Waals surface area (Å²) >= 11 is 0. The molecule has 0 saturated carbocycles. The second kappa shape index (κ2) is 8.10. The van der Waals surface area contributed by atoms with Crippen LogP contribution < -0.4 is 0 Å².